The summed E-state index contributed by atoms with van der Waals surface area (Å²) < 4.78 is 27.1. The average molecular weight is 363 g/mol. The predicted molar refractivity (Wildman–Crippen MR) is 92.6 cm³/mol. The van der Waals surface area contributed by atoms with E-state index in [4.69, 9.17) is 0 Å². The van der Waals surface area contributed by atoms with Gasteiger partial charge in [-0.25, -0.2) is 23.7 Å². The molecule has 2 aromatic heterocycles. The number of aromatic amines is 1. The van der Waals surface area contributed by atoms with Gasteiger partial charge in [-0.3, -0.25) is 4.79 Å². The number of thioether (sulfide) groups is 1. The fraction of sp³-hybridized carbons (Fsp3) is 0.250. The van der Waals surface area contributed by atoms with E-state index in [-0.39, 0.29) is 28.6 Å². The highest BCUT2D eigenvalue weighted by Gasteiger charge is 2.13. The molecule has 0 spiro atoms. The molecule has 3 aromatic rings. The van der Waals surface area contributed by atoms with E-state index >= 15 is 0 Å². The van der Waals surface area contributed by atoms with Crippen molar-refractivity contribution in [1.82, 2.24) is 19.9 Å². The van der Waals surface area contributed by atoms with E-state index in [9.17, 15) is 13.6 Å². The lowest BCUT2D eigenvalue weighted by atomic mass is 10.2. The summed E-state index contributed by atoms with van der Waals surface area (Å²) in [5, 5.41) is 3.47. The molecule has 0 radical (unpaired) electrons. The highest BCUT2D eigenvalue weighted by molar-refractivity contribution is 7.98. The number of hydrogen-bond donors (Lipinski definition) is 2. The van der Waals surface area contributed by atoms with Crippen LogP contribution in [-0.2, 0) is 5.75 Å². The minimum Gasteiger partial charge on any atom is -0.366 e. The van der Waals surface area contributed by atoms with Crippen molar-refractivity contribution in [2.75, 3.05) is 5.32 Å². The van der Waals surface area contributed by atoms with Crippen LogP contribution >= 0.6 is 11.8 Å². The number of rotatable bonds is 5. The Bertz CT molecular complexity index is 976. The first-order valence-corrected chi connectivity index (χ1v) is 8.52. The Balaban J connectivity index is 1.95. The molecule has 9 heteroatoms. The molecule has 1 aromatic carbocycles. The van der Waals surface area contributed by atoms with E-state index < -0.39 is 11.6 Å². The van der Waals surface area contributed by atoms with Gasteiger partial charge in [0.1, 0.15) is 5.52 Å². The van der Waals surface area contributed by atoms with Gasteiger partial charge >= 0.3 is 0 Å². The summed E-state index contributed by atoms with van der Waals surface area (Å²) in [5.41, 5.74) is 0.558. The molecule has 0 amide bonds. The normalized spacial score (nSPS) is 11.2. The van der Waals surface area contributed by atoms with Gasteiger partial charge in [0, 0.05) is 17.4 Å². The maximum absolute atomic E-state index is 13.8. The molecule has 0 bridgehead atoms. The molecule has 0 aliphatic rings. The van der Waals surface area contributed by atoms with Crippen molar-refractivity contribution in [3.8, 4) is 0 Å². The Morgan fingerprint density at radius 2 is 2.08 bits per heavy atom. The van der Waals surface area contributed by atoms with Gasteiger partial charge in [-0.05, 0) is 19.9 Å². The number of nitrogens with one attached hydrogen (secondary N) is 2. The zero-order chi connectivity index (χ0) is 18.0. The van der Waals surface area contributed by atoms with Crippen LogP contribution in [0.3, 0.4) is 0 Å². The molecule has 25 heavy (non-hydrogen) atoms. The van der Waals surface area contributed by atoms with Crippen molar-refractivity contribution in [2.24, 2.45) is 0 Å². The maximum atomic E-state index is 13.8. The molecule has 6 nitrogen and oxygen atoms in total. The largest absolute Gasteiger partial charge is 0.366 e. The second-order valence-electron chi connectivity index (χ2n) is 5.60. The number of nitrogens with zero attached hydrogens (tertiary/aromatic N) is 3. The summed E-state index contributed by atoms with van der Waals surface area (Å²) in [5.74, 6) is -1.15. The van der Waals surface area contributed by atoms with Crippen molar-refractivity contribution in [3.05, 3.63) is 51.9 Å². The summed E-state index contributed by atoms with van der Waals surface area (Å²) in [4.78, 5) is 26.8. The van der Waals surface area contributed by atoms with Gasteiger partial charge in [0.2, 0.25) is 0 Å². The number of fused-ring (bicyclic) bond motifs is 1. The van der Waals surface area contributed by atoms with Gasteiger partial charge in [-0.2, -0.15) is 0 Å². The lowest BCUT2D eigenvalue weighted by Crippen LogP contribution is -2.15. The van der Waals surface area contributed by atoms with Gasteiger partial charge in [0.15, 0.2) is 28.3 Å². The van der Waals surface area contributed by atoms with E-state index in [2.05, 4.69) is 25.3 Å². The number of halogens is 2. The van der Waals surface area contributed by atoms with Crippen molar-refractivity contribution in [1.29, 1.82) is 0 Å². The summed E-state index contributed by atoms with van der Waals surface area (Å²) in [6.07, 6.45) is 1.16. The molecule has 0 aliphatic carbocycles. The van der Waals surface area contributed by atoms with Crippen LogP contribution in [0.4, 0.5) is 14.6 Å². The van der Waals surface area contributed by atoms with Crippen LogP contribution in [-0.4, -0.2) is 26.0 Å². The quantitative estimate of drug-likeness (QED) is 0.535. The molecule has 0 saturated carbocycles. The van der Waals surface area contributed by atoms with E-state index in [1.165, 1.54) is 12.1 Å². The van der Waals surface area contributed by atoms with Crippen LogP contribution in [0.15, 0.2) is 34.3 Å². The maximum Gasteiger partial charge on any atom is 0.268 e. The fourth-order valence-electron chi connectivity index (χ4n) is 2.16. The van der Waals surface area contributed by atoms with Crippen molar-refractivity contribution in [2.45, 2.75) is 30.8 Å². The second-order valence-corrected chi connectivity index (χ2v) is 6.54. The monoisotopic (exact) mass is 363 g/mol. The van der Waals surface area contributed by atoms with Crippen molar-refractivity contribution in [3.63, 3.8) is 0 Å². The Kier molecular flexibility index (Phi) is 4.93. The number of H-pyrrole nitrogens is 1. The first-order valence-electron chi connectivity index (χ1n) is 7.53. The number of aromatic nitrogens is 4. The van der Waals surface area contributed by atoms with Gasteiger partial charge in [-0.15, -0.1) is 0 Å². The lowest BCUT2D eigenvalue weighted by Gasteiger charge is -2.12. The van der Waals surface area contributed by atoms with Crippen molar-refractivity contribution < 1.29 is 8.78 Å². The second kappa shape index (κ2) is 7.14. The minimum atomic E-state index is -0.895. The standard InChI is InChI=1S/C16H15F2N5OS/c1-8(2)20-14-13-15(21-11(24)6-19-13)23-16(22-14)25-7-9-4-3-5-10(17)12(9)18/h3-6,8H,7H2,1-2H3,(H2,20,21,22,23,24). The summed E-state index contributed by atoms with van der Waals surface area (Å²) >= 11 is 1.14. The highest BCUT2D eigenvalue weighted by atomic mass is 32.2. The molecular weight excluding hydrogens is 348 g/mol. The topological polar surface area (TPSA) is 83.6 Å². The molecular formula is C16H15F2N5OS. The SMILES string of the molecule is CC(C)Nc1nc(SCc2cccc(F)c2F)nc2[nH]c(=O)cnc12. The zero-order valence-corrected chi connectivity index (χ0v) is 14.3. The van der Waals surface area contributed by atoms with Crippen LogP contribution in [0, 0.1) is 11.6 Å². The first-order chi connectivity index (χ1) is 11.9. The number of hydrogen-bond acceptors (Lipinski definition) is 6. The van der Waals surface area contributed by atoms with Crippen LogP contribution in [0.25, 0.3) is 11.2 Å². The third kappa shape index (κ3) is 3.93. The molecule has 0 atom stereocenters. The van der Waals surface area contributed by atoms with Crippen molar-refractivity contribution >= 4 is 28.7 Å². The highest BCUT2D eigenvalue weighted by Crippen LogP contribution is 2.25. The molecule has 2 N–H and O–H groups in total. The van der Waals surface area contributed by atoms with Gasteiger partial charge < -0.3 is 10.3 Å². The molecule has 0 aliphatic heterocycles. The smallest absolute Gasteiger partial charge is 0.268 e. The summed E-state index contributed by atoms with van der Waals surface area (Å²) in [6, 6.07) is 4.11. The van der Waals surface area contributed by atoms with E-state index in [1.807, 2.05) is 13.8 Å². The third-order valence-electron chi connectivity index (χ3n) is 3.23. The van der Waals surface area contributed by atoms with E-state index in [1.54, 1.807) is 0 Å². The lowest BCUT2D eigenvalue weighted by molar-refractivity contribution is 0.502. The van der Waals surface area contributed by atoms with E-state index in [0.717, 1.165) is 24.0 Å². The molecule has 2 heterocycles. The molecule has 3 rings (SSSR count). The van der Waals surface area contributed by atoms with Gasteiger partial charge in [-0.1, -0.05) is 23.9 Å². The van der Waals surface area contributed by atoms with Gasteiger partial charge in [0.25, 0.3) is 5.56 Å². The Morgan fingerprint density at radius 1 is 1.28 bits per heavy atom. The van der Waals surface area contributed by atoms with Gasteiger partial charge in [0.05, 0.1) is 6.20 Å². The number of benzene rings is 1. The zero-order valence-electron chi connectivity index (χ0n) is 13.5. The van der Waals surface area contributed by atoms with Crippen LogP contribution in [0.1, 0.15) is 19.4 Å². The van der Waals surface area contributed by atoms with E-state index in [0.29, 0.717) is 16.5 Å². The Hall–Kier alpha value is -2.55. The Labute approximate surface area is 146 Å². The average Bonchev–Trinajstić information content (AvgIpc) is 2.55. The fourth-order valence-corrected chi connectivity index (χ4v) is 2.98. The third-order valence-corrected chi connectivity index (χ3v) is 4.13. The molecule has 130 valence electrons. The Morgan fingerprint density at radius 3 is 2.84 bits per heavy atom. The molecule has 0 fully saturated rings. The molecule has 0 saturated heterocycles. The number of anilines is 1. The summed E-state index contributed by atoms with van der Waals surface area (Å²) in [7, 11) is 0. The van der Waals surface area contributed by atoms with Crippen LogP contribution in [0.5, 0.6) is 0 Å². The first kappa shape index (κ1) is 17.3. The molecule has 0 unspecified atom stereocenters. The van der Waals surface area contributed by atoms with Crippen LogP contribution < -0.4 is 10.9 Å². The predicted octanol–water partition coefficient (Wildman–Crippen LogP) is 3.10. The minimum absolute atomic E-state index is 0.0883. The van der Waals surface area contributed by atoms with Crippen LogP contribution in [0.2, 0.25) is 0 Å². The summed E-state index contributed by atoms with van der Waals surface area (Å²) in [6.45, 7) is 3.88.